The van der Waals surface area contributed by atoms with Gasteiger partial charge in [-0.05, 0) is 54.1 Å². The Hall–Kier alpha value is -4.17. The number of anilines is 1. The number of benzene rings is 3. The van der Waals surface area contributed by atoms with Crippen LogP contribution in [0.3, 0.4) is 0 Å². The summed E-state index contributed by atoms with van der Waals surface area (Å²) in [6.45, 7) is -0.0378. The maximum atomic E-state index is 13.0. The highest BCUT2D eigenvalue weighted by Crippen LogP contribution is 2.24. The van der Waals surface area contributed by atoms with Gasteiger partial charge in [0.25, 0.3) is 5.91 Å². The highest BCUT2D eigenvalue weighted by Gasteiger charge is 2.39. The van der Waals surface area contributed by atoms with Gasteiger partial charge in [-0.1, -0.05) is 30.3 Å². The van der Waals surface area contributed by atoms with Gasteiger partial charge in [0.15, 0.2) is 12.4 Å². The lowest BCUT2D eigenvalue weighted by Gasteiger charge is -2.16. The molecule has 1 fully saturated rings. The van der Waals surface area contributed by atoms with Crippen molar-refractivity contribution in [2.75, 3.05) is 11.5 Å². The maximum absolute atomic E-state index is 13.0. The number of carbonyl (C=O) groups is 4. The van der Waals surface area contributed by atoms with Crippen LogP contribution in [-0.4, -0.2) is 36.2 Å². The van der Waals surface area contributed by atoms with Crippen LogP contribution in [0.5, 0.6) is 0 Å². The number of hydrogen-bond donors (Lipinski definition) is 1. The Balaban J connectivity index is 1.34. The lowest BCUT2D eigenvalue weighted by molar-refractivity contribution is -0.121. The highest BCUT2D eigenvalue weighted by atomic mass is 19.1. The normalized spacial score (nSPS) is 15.4. The number of nitrogens with one attached hydrogen (secondary N) is 1. The van der Waals surface area contributed by atoms with Crippen LogP contribution < -0.4 is 10.2 Å². The van der Waals surface area contributed by atoms with Crippen molar-refractivity contribution >= 4 is 29.3 Å². The van der Waals surface area contributed by atoms with Gasteiger partial charge in [0.05, 0.1) is 23.7 Å². The second-order valence-corrected chi connectivity index (χ2v) is 7.74. The summed E-state index contributed by atoms with van der Waals surface area (Å²) in [7, 11) is 0. The fraction of sp³-hybridized carbons (Fsp3) is 0.154. The van der Waals surface area contributed by atoms with E-state index in [1.54, 1.807) is 0 Å². The number of halogens is 1. The largest absolute Gasteiger partial charge is 0.454 e. The van der Waals surface area contributed by atoms with Crippen LogP contribution in [-0.2, 0) is 20.9 Å². The fourth-order valence-electron chi connectivity index (χ4n) is 3.58. The standard InChI is InChI=1S/C26H21FN2O5/c27-20-10-6-18(7-11-20)23(30)16-34-26(33)19-8-12-21(13-9-19)29-24(31)14-22(25(29)32)28-15-17-4-2-1-3-5-17/h1-13,22,28H,14-16H2. The number of esters is 1. The monoisotopic (exact) mass is 460 g/mol. The van der Waals surface area contributed by atoms with Crippen LogP contribution >= 0.6 is 0 Å². The van der Waals surface area contributed by atoms with E-state index in [4.69, 9.17) is 4.74 Å². The SMILES string of the molecule is O=C(COC(=O)c1ccc(N2C(=O)CC(NCc3ccccc3)C2=O)cc1)c1ccc(F)cc1. The first-order chi connectivity index (χ1) is 16.4. The van der Waals surface area contributed by atoms with E-state index in [0.717, 1.165) is 22.6 Å². The number of rotatable bonds is 8. The second-order valence-electron chi connectivity index (χ2n) is 7.74. The quantitative estimate of drug-likeness (QED) is 0.315. The first-order valence-corrected chi connectivity index (χ1v) is 10.6. The minimum absolute atomic E-state index is 0.0426. The van der Waals surface area contributed by atoms with E-state index in [1.165, 1.54) is 36.4 Å². The zero-order valence-electron chi connectivity index (χ0n) is 18.1. The molecule has 0 bridgehead atoms. The van der Waals surface area contributed by atoms with Gasteiger partial charge in [-0.15, -0.1) is 0 Å². The summed E-state index contributed by atoms with van der Waals surface area (Å²) in [6.07, 6.45) is 0.0426. The Morgan fingerprint density at radius 3 is 2.24 bits per heavy atom. The van der Waals surface area contributed by atoms with Crippen LogP contribution in [0.25, 0.3) is 0 Å². The Morgan fingerprint density at radius 2 is 1.56 bits per heavy atom. The topological polar surface area (TPSA) is 92.8 Å². The van der Waals surface area contributed by atoms with Crippen molar-refractivity contribution in [1.29, 1.82) is 0 Å². The number of ether oxygens (including phenoxy) is 1. The number of imide groups is 1. The van der Waals surface area contributed by atoms with E-state index in [9.17, 15) is 23.6 Å². The van der Waals surface area contributed by atoms with Gasteiger partial charge >= 0.3 is 5.97 Å². The molecule has 1 aliphatic rings. The predicted octanol–water partition coefficient (Wildman–Crippen LogP) is 3.29. The molecule has 1 unspecified atom stereocenters. The minimum Gasteiger partial charge on any atom is -0.454 e. The molecule has 0 aromatic heterocycles. The Bertz CT molecular complexity index is 1210. The van der Waals surface area contributed by atoms with E-state index in [2.05, 4.69) is 5.32 Å². The first-order valence-electron chi connectivity index (χ1n) is 10.6. The van der Waals surface area contributed by atoms with Gasteiger partial charge in [0.2, 0.25) is 5.91 Å². The molecule has 0 spiro atoms. The molecule has 2 amide bonds. The Labute approximate surface area is 195 Å². The third-order valence-corrected chi connectivity index (χ3v) is 5.40. The predicted molar refractivity (Wildman–Crippen MR) is 122 cm³/mol. The summed E-state index contributed by atoms with van der Waals surface area (Å²) in [6, 6.07) is 19.7. The van der Waals surface area contributed by atoms with Crippen LogP contribution in [0, 0.1) is 5.82 Å². The summed E-state index contributed by atoms with van der Waals surface area (Å²) >= 11 is 0. The Morgan fingerprint density at radius 1 is 0.912 bits per heavy atom. The number of nitrogens with zero attached hydrogens (tertiary/aromatic N) is 1. The summed E-state index contributed by atoms with van der Waals surface area (Å²) in [5.41, 5.74) is 1.74. The lowest BCUT2D eigenvalue weighted by Crippen LogP contribution is -2.38. The van der Waals surface area contributed by atoms with Gasteiger partial charge in [-0.2, -0.15) is 0 Å². The molecule has 1 N–H and O–H groups in total. The fourth-order valence-corrected chi connectivity index (χ4v) is 3.58. The van der Waals surface area contributed by atoms with Gasteiger partial charge in [-0.3, -0.25) is 14.4 Å². The average Bonchev–Trinajstić information content (AvgIpc) is 3.15. The molecule has 1 saturated heterocycles. The molecule has 3 aromatic carbocycles. The molecule has 8 heteroatoms. The molecule has 4 rings (SSSR count). The third-order valence-electron chi connectivity index (χ3n) is 5.40. The molecule has 1 heterocycles. The molecular formula is C26H21FN2O5. The van der Waals surface area contributed by atoms with Crippen LogP contribution in [0.1, 0.15) is 32.7 Å². The minimum atomic E-state index is -0.733. The molecule has 7 nitrogen and oxygen atoms in total. The zero-order valence-corrected chi connectivity index (χ0v) is 18.1. The molecular weight excluding hydrogens is 439 g/mol. The summed E-state index contributed by atoms with van der Waals surface area (Å²) in [5, 5.41) is 3.11. The summed E-state index contributed by atoms with van der Waals surface area (Å²) in [5.74, 6) is -2.37. The van der Waals surface area contributed by atoms with Gasteiger partial charge in [0.1, 0.15) is 5.82 Å². The third kappa shape index (κ3) is 5.24. The maximum Gasteiger partial charge on any atom is 0.338 e. The number of carbonyl (C=O) groups excluding carboxylic acids is 4. The van der Waals surface area contributed by atoms with Crippen LogP contribution in [0.2, 0.25) is 0 Å². The van der Waals surface area contributed by atoms with E-state index in [0.29, 0.717) is 12.2 Å². The van der Waals surface area contributed by atoms with E-state index in [-0.39, 0.29) is 29.4 Å². The van der Waals surface area contributed by atoms with Crippen LogP contribution in [0.15, 0.2) is 78.9 Å². The number of Topliss-reactive ketones (excluding diaryl/α,β-unsaturated/α-hetero) is 1. The Kier molecular flexibility index (Phi) is 6.89. The van der Waals surface area contributed by atoms with E-state index < -0.39 is 30.2 Å². The molecule has 0 saturated carbocycles. The molecule has 3 aromatic rings. The van der Waals surface area contributed by atoms with Crippen molar-refractivity contribution in [3.8, 4) is 0 Å². The number of hydrogen-bond acceptors (Lipinski definition) is 6. The molecule has 172 valence electrons. The molecule has 1 aliphatic heterocycles. The molecule has 0 aliphatic carbocycles. The van der Waals surface area contributed by atoms with Crippen molar-refractivity contribution in [1.82, 2.24) is 5.32 Å². The smallest absolute Gasteiger partial charge is 0.338 e. The van der Waals surface area contributed by atoms with Gasteiger partial charge in [0, 0.05) is 12.1 Å². The summed E-state index contributed by atoms with van der Waals surface area (Å²) in [4.78, 5) is 50.7. The second kappa shape index (κ2) is 10.2. The zero-order chi connectivity index (χ0) is 24.1. The van der Waals surface area contributed by atoms with Gasteiger partial charge in [-0.25, -0.2) is 14.1 Å². The molecule has 0 radical (unpaired) electrons. The lowest BCUT2D eigenvalue weighted by atomic mass is 10.1. The van der Waals surface area contributed by atoms with Crippen molar-refractivity contribution in [2.45, 2.75) is 19.0 Å². The highest BCUT2D eigenvalue weighted by molar-refractivity contribution is 6.22. The summed E-state index contributed by atoms with van der Waals surface area (Å²) < 4.78 is 18.0. The number of amides is 2. The number of ketones is 1. The van der Waals surface area contributed by atoms with Crippen molar-refractivity contribution in [2.24, 2.45) is 0 Å². The average molecular weight is 460 g/mol. The molecule has 1 atom stereocenters. The van der Waals surface area contributed by atoms with Crippen LogP contribution in [0.4, 0.5) is 10.1 Å². The first kappa shape index (κ1) is 23.0. The van der Waals surface area contributed by atoms with Gasteiger partial charge < -0.3 is 10.1 Å². The van der Waals surface area contributed by atoms with E-state index in [1.807, 2.05) is 30.3 Å². The molecule has 34 heavy (non-hydrogen) atoms. The van der Waals surface area contributed by atoms with Crippen molar-refractivity contribution in [3.63, 3.8) is 0 Å². The van der Waals surface area contributed by atoms with Crippen molar-refractivity contribution < 1.29 is 28.3 Å². The van der Waals surface area contributed by atoms with E-state index >= 15 is 0 Å². The van der Waals surface area contributed by atoms with Crippen molar-refractivity contribution in [3.05, 3.63) is 101 Å².